The molecular formula is C14H19ClN2O3S. The minimum Gasteiger partial charge on any atom is -0.325 e. The number of hydrogen-bond donors (Lipinski definition) is 2. The van der Waals surface area contributed by atoms with Gasteiger partial charge in [0.15, 0.2) is 9.84 Å². The number of amides is 1. The highest BCUT2D eigenvalue weighted by molar-refractivity contribution is 7.90. The third kappa shape index (κ3) is 4.69. The third-order valence-electron chi connectivity index (χ3n) is 3.51. The van der Waals surface area contributed by atoms with Crippen LogP contribution in [0, 0.1) is 5.92 Å². The molecule has 0 radical (unpaired) electrons. The molecule has 1 atom stereocenters. The van der Waals surface area contributed by atoms with Crippen LogP contribution in [0.3, 0.4) is 0 Å². The maximum absolute atomic E-state index is 12.0. The Labute approximate surface area is 130 Å². The Bertz CT molecular complexity index is 625. The summed E-state index contributed by atoms with van der Waals surface area (Å²) in [6, 6.07) is 4.31. The van der Waals surface area contributed by atoms with Gasteiger partial charge in [0.25, 0.3) is 0 Å². The molecule has 21 heavy (non-hydrogen) atoms. The lowest BCUT2D eigenvalue weighted by molar-refractivity contribution is -0.117. The van der Waals surface area contributed by atoms with Crippen LogP contribution < -0.4 is 10.6 Å². The summed E-state index contributed by atoms with van der Waals surface area (Å²) in [7, 11) is -3.33. The molecule has 0 saturated carbocycles. The van der Waals surface area contributed by atoms with E-state index in [1.807, 2.05) is 0 Å². The number of anilines is 1. The van der Waals surface area contributed by atoms with E-state index in [1.54, 1.807) is 0 Å². The second-order valence-electron chi connectivity index (χ2n) is 5.38. The van der Waals surface area contributed by atoms with Crippen LogP contribution in [0.1, 0.15) is 19.3 Å². The summed E-state index contributed by atoms with van der Waals surface area (Å²) in [4.78, 5) is 12.2. The fourth-order valence-corrected chi connectivity index (χ4v) is 3.20. The highest BCUT2D eigenvalue weighted by Gasteiger charge is 2.18. The van der Waals surface area contributed by atoms with Gasteiger partial charge in [-0.25, -0.2) is 8.42 Å². The van der Waals surface area contributed by atoms with Crippen molar-refractivity contribution in [2.45, 2.75) is 24.2 Å². The van der Waals surface area contributed by atoms with Crippen molar-refractivity contribution in [1.29, 1.82) is 0 Å². The summed E-state index contributed by atoms with van der Waals surface area (Å²) < 4.78 is 23.1. The van der Waals surface area contributed by atoms with Crippen LogP contribution in [0.15, 0.2) is 23.1 Å². The van der Waals surface area contributed by atoms with Crippen molar-refractivity contribution in [1.82, 2.24) is 5.32 Å². The summed E-state index contributed by atoms with van der Waals surface area (Å²) >= 11 is 6.01. The molecule has 1 heterocycles. The lowest BCUT2D eigenvalue weighted by atomic mass is 9.96. The summed E-state index contributed by atoms with van der Waals surface area (Å²) in [5.74, 6) is 0.173. The minimum atomic E-state index is -3.33. The van der Waals surface area contributed by atoms with Crippen molar-refractivity contribution in [2.75, 3.05) is 24.7 Å². The lowest BCUT2D eigenvalue weighted by Crippen LogP contribution is -2.32. The van der Waals surface area contributed by atoms with Crippen LogP contribution in [0.2, 0.25) is 5.02 Å². The third-order valence-corrected chi connectivity index (χ3v) is 4.95. The smallest absolute Gasteiger partial charge is 0.224 e. The number of nitrogens with one attached hydrogen (secondary N) is 2. The van der Waals surface area contributed by atoms with E-state index in [2.05, 4.69) is 10.6 Å². The minimum absolute atomic E-state index is 0.140. The highest BCUT2D eigenvalue weighted by atomic mass is 35.5. The zero-order valence-electron chi connectivity index (χ0n) is 11.9. The van der Waals surface area contributed by atoms with Gasteiger partial charge >= 0.3 is 0 Å². The van der Waals surface area contributed by atoms with E-state index < -0.39 is 9.84 Å². The number of hydrogen-bond acceptors (Lipinski definition) is 4. The van der Waals surface area contributed by atoms with Crippen LogP contribution in [0.4, 0.5) is 5.69 Å². The molecule has 0 bridgehead atoms. The summed E-state index contributed by atoms with van der Waals surface area (Å²) in [6.07, 6.45) is 3.63. The molecule has 0 aliphatic carbocycles. The lowest BCUT2D eigenvalue weighted by Gasteiger charge is -2.22. The molecule has 0 spiro atoms. The zero-order valence-corrected chi connectivity index (χ0v) is 13.4. The van der Waals surface area contributed by atoms with Gasteiger partial charge in [-0.3, -0.25) is 4.79 Å². The molecule has 116 valence electrons. The average molecular weight is 331 g/mol. The summed E-state index contributed by atoms with van der Waals surface area (Å²) in [5, 5.41) is 6.30. The molecule has 7 heteroatoms. The van der Waals surface area contributed by atoms with E-state index in [4.69, 9.17) is 11.6 Å². The Morgan fingerprint density at radius 2 is 2.24 bits per heavy atom. The van der Waals surface area contributed by atoms with Gasteiger partial charge in [-0.1, -0.05) is 11.6 Å². The van der Waals surface area contributed by atoms with Gasteiger partial charge in [0.05, 0.1) is 15.6 Å². The summed E-state index contributed by atoms with van der Waals surface area (Å²) in [5.41, 5.74) is 0.341. The standard InChI is InChI=1S/C14H19ClN2O3S/c1-21(19,20)11-4-5-12(15)13(8-11)17-14(18)7-10-3-2-6-16-9-10/h4-5,8,10,16H,2-3,6-7,9H2,1H3,(H,17,18). The van der Waals surface area contributed by atoms with Crippen LogP contribution >= 0.6 is 11.6 Å². The molecule has 1 saturated heterocycles. The van der Waals surface area contributed by atoms with Crippen LogP contribution in [-0.4, -0.2) is 33.7 Å². The van der Waals surface area contributed by atoms with Gasteiger partial charge in [0, 0.05) is 12.7 Å². The van der Waals surface area contributed by atoms with Gasteiger partial charge in [-0.15, -0.1) is 0 Å². The number of halogens is 1. The van der Waals surface area contributed by atoms with Crippen LogP contribution in [0.25, 0.3) is 0 Å². The number of sulfone groups is 1. The largest absolute Gasteiger partial charge is 0.325 e. The van der Waals surface area contributed by atoms with Crippen LogP contribution in [0.5, 0.6) is 0 Å². The summed E-state index contributed by atoms with van der Waals surface area (Å²) in [6.45, 7) is 1.84. The number of carbonyl (C=O) groups excluding carboxylic acids is 1. The second kappa shape index (κ2) is 6.77. The van der Waals surface area contributed by atoms with E-state index in [9.17, 15) is 13.2 Å². The number of piperidine rings is 1. The Kier molecular flexibility index (Phi) is 5.24. The Morgan fingerprint density at radius 3 is 2.86 bits per heavy atom. The first-order valence-corrected chi connectivity index (χ1v) is 9.13. The zero-order chi connectivity index (χ0) is 15.5. The predicted octanol–water partition coefficient (Wildman–Crippen LogP) is 2.07. The first-order valence-electron chi connectivity index (χ1n) is 6.86. The normalized spacial score (nSPS) is 19.2. The Balaban J connectivity index is 2.06. The number of rotatable bonds is 4. The molecule has 0 aromatic heterocycles. The van der Waals surface area contributed by atoms with Gasteiger partial charge in [-0.05, 0) is 50.0 Å². The number of benzene rings is 1. The molecular weight excluding hydrogens is 312 g/mol. The predicted molar refractivity (Wildman–Crippen MR) is 83.4 cm³/mol. The monoisotopic (exact) mass is 330 g/mol. The van der Waals surface area contributed by atoms with E-state index in [0.29, 0.717) is 23.0 Å². The molecule has 2 N–H and O–H groups in total. The highest BCUT2D eigenvalue weighted by Crippen LogP contribution is 2.26. The number of carbonyl (C=O) groups is 1. The Hall–Kier alpha value is -1.11. The SMILES string of the molecule is CS(=O)(=O)c1ccc(Cl)c(NC(=O)CC2CCCNC2)c1. The van der Waals surface area contributed by atoms with E-state index >= 15 is 0 Å². The molecule has 1 fully saturated rings. The molecule has 1 aromatic rings. The molecule has 2 rings (SSSR count). The second-order valence-corrected chi connectivity index (χ2v) is 7.80. The van der Waals surface area contributed by atoms with Crippen molar-refractivity contribution in [3.63, 3.8) is 0 Å². The van der Waals surface area contributed by atoms with Gasteiger partial charge in [0.1, 0.15) is 0 Å². The van der Waals surface area contributed by atoms with Gasteiger partial charge < -0.3 is 10.6 Å². The maximum Gasteiger partial charge on any atom is 0.224 e. The first kappa shape index (κ1) is 16.3. The first-order chi connectivity index (χ1) is 9.86. The fourth-order valence-electron chi connectivity index (χ4n) is 2.39. The van der Waals surface area contributed by atoms with E-state index in [1.165, 1.54) is 18.2 Å². The molecule has 1 unspecified atom stereocenters. The average Bonchev–Trinajstić information content (AvgIpc) is 2.41. The van der Waals surface area contributed by atoms with E-state index in [0.717, 1.165) is 32.2 Å². The van der Waals surface area contributed by atoms with Crippen LogP contribution in [-0.2, 0) is 14.6 Å². The van der Waals surface area contributed by atoms with E-state index in [-0.39, 0.29) is 10.8 Å². The van der Waals surface area contributed by atoms with Crippen molar-refractivity contribution >= 4 is 33.0 Å². The molecule has 1 aromatic carbocycles. The van der Waals surface area contributed by atoms with Crippen molar-refractivity contribution in [2.24, 2.45) is 5.92 Å². The van der Waals surface area contributed by atoms with Crippen molar-refractivity contribution in [3.05, 3.63) is 23.2 Å². The van der Waals surface area contributed by atoms with Crippen molar-refractivity contribution < 1.29 is 13.2 Å². The quantitative estimate of drug-likeness (QED) is 0.886. The molecule has 1 aliphatic heterocycles. The topological polar surface area (TPSA) is 75.3 Å². The van der Waals surface area contributed by atoms with Gasteiger partial charge in [-0.2, -0.15) is 0 Å². The Morgan fingerprint density at radius 1 is 1.48 bits per heavy atom. The molecule has 1 aliphatic rings. The van der Waals surface area contributed by atoms with Crippen molar-refractivity contribution in [3.8, 4) is 0 Å². The maximum atomic E-state index is 12.0. The molecule has 5 nitrogen and oxygen atoms in total. The van der Waals surface area contributed by atoms with Gasteiger partial charge in [0.2, 0.25) is 5.91 Å². The fraction of sp³-hybridized carbons (Fsp3) is 0.500. The molecule has 1 amide bonds.